The SMILES string of the molecule is CCCCCCc1cccc(CCC(=O)C[C@@H]2CCCC(C3=NC=CCC4=C3C=CC4)C2)c1.[HH].[HH].[HH]. The van der Waals surface area contributed by atoms with Crippen LogP contribution in [0.4, 0.5) is 0 Å². The molecule has 2 nitrogen and oxygen atoms in total. The minimum atomic E-state index is 0. The molecule has 0 saturated heterocycles. The van der Waals surface area contributed by atoms with Gasteiger partial charge < -0.3 is 0 Å². The first-order chi connectivity index (χ1) is 16.2. The lowest BCUT2D eigenvalue weighted by Gasteiger charge is -2.30. The van der Waals surface area contributed by atoms with Gasteiger partial charge in [-0.3, -0.25) is 9.79 Å². The lowest BCUT2D eigenvalue weighted by atomic mass is 9.75. The van der Waals surface area contributed by atoms with E-state index < -0.39 is 0 Å². The summed E-state index contributed by atoms with van der Waals surface area (Å²) in [5.74, 6) is 1.47. The molecule has 2 atom stereocenters. The summed E-state index contributed by atoms with van der Waals surface area (Å²) in [5, 5.41) is 0. The Bertz CT molecular complexity index is 947. The van der Waals surface area contributed by atoms with Gasteiger partial charge in [-0.05, 0) is 74.0 Å². The van der Waals surface area contributed by atoms with Crippen molar-refractivity contribution >= 4 is 11.5 Å². The molecule has 3 aliphatic rings. The van der Waals surface area contributed by atoms with Crippen LogP contribution in [0.3, 0.4) is 0 Å². The normalized spacial score (nSPS) is 22.3. The minimum absolute atomic E-state index is 0. The molecule has 182 valence electrons. The van der Waals surface area contributed by atoms with Crippen LogP contribution in [0.15, 0.2) is 64.8 Å². The highest BCUT2D eigenvalue weighted by Gasteiger charge is 2.30. The number of nitrogens with zero attached hydrogens (tertiary/aromatic N) is 1. The Morgan fingerprint density at radius 1 is 1.06 bits per heavy atom. The molecule has 1 unspecified atom stereocenters. The summed E-state index contributed by atoms with van der Waals surface area (Å²) >= 11 is 0. The number of aryl methyl sites for hydroxylation is 2. The van der Waals surface area contributed by atoms with Crippen LogP contribution in [0.25, 0.3) is 0 Å². The number of Topliss-reactive ketones (excluding diaryl/α,β-unsaturated/α-hetero) is 1. The largest absolute Gasteiger partial charge is 0.300 e. The number of ketones is 1. The predicted molar refractivity (Wildman–Crippen MR) is 146 cm³/mol. The number of hydrogen-bond acceptors (Lipinski definition) is 2. The summed E-state index contributed by atoms with van der Waals surface area (Å²) < 4.78 is 0. The maximum absolute atomic E-state index is 12.9. The smallest absolute Gasteiger partial charge is 0.133 e. The highest BCUT2D eigenvalue weighted by molar-refractivity contribution is 6.06. The van der Waals surface area contributed by atoms with Gasteiger partial charge in [-0.25, -0.2) is 0 Å². The second kappa shape index (κ2) is 12.3. The van der Waals surface area contributed by atoms with Crippen LogP contribution in [-0.4, -0.2) is 11.5 Å². The van der Waals surface area contributed by atoms with Crippen molar-refractivity contribution in [2.24, 2.45) is 16.8 Å². The van der Waals surface area contributed by atoms with E-state index in [0.717, 1.165) is 38.5 Å². The molecule has 0 amide bonds. The Balaban J connectivity index is 0.00000216. The maximum atomic E-state index is 12.9. The van der Waals surface area contributed by atoms with Crippen LogP contribution in [0.1, 0.15) is 99.4 Å². The van der Waals surface area contributed by atoms with Crippen molar-refractivity contribution in [1.82, 2.24) is 0 Å². The van der Waals surface area contributed by atoms with Gasteiger partial charge in [0.15, 0.2) is 0 Å². The third-order valence-corrected chi connectivity index (χ3v) is 7.68. The zero-order valence-electron chi connectivity index (χ0n) is 20.5. The standard InChI is InChI=1S/C31H41NO.3H2/c1-2-3-4-5-10-24-11-6-12-25(21-24)18-19-29(33)23-26-13-7-15-28(22-26)31-30-17-8-14-27(30)16-9-20-32-31;;;/h6,8-9,11-12,17,20-21,26,28H,2-5,7,10,13-16,18-19,22-23H2,1H3;3*1H/t26-,28?;;;/m1.../s1. The van der Waals surface area contributed by atoms with Gasteiger partial charge >= 0.3 is 0 Å². The molecule has 33 heavy (non-hydrogen) atoms. The van der Waals surface area contributed by atoms with Crippen molar-refractivity contribution in [2.45, 2.75) is 96.8 Å². The van der Waals surface area contributed by atoms with Gasteiger partial charge in [0.05, 0.1) is 5.71 Å². The van der Waals surface area contributed by atoms with Gasteiger partial charge in [0.2, 0.25) is 0 Å². The fraction of sp³-hybridized carbons (Fsp3) is 0.548. The summed E-state index contributed by atoms with van der Waals surface area (Å²) in [6.45, 7) is 2.26. The van der Waals surface area contributed by atoms with Crippen molar-refractivity contribution in [2.75, 3.05) is 0 Å². The molecule has 4 rings (SSSR count). The molecule has 1 fully saturated rings. The van der Waals surface area contributed by atoms with Gasteiger partial charge in [-0.15, -0.1) is 0 Å². The number of rotatable bonds is 11. The Labute approximate surface area is 205 Å². The molecule has 2 aliphatic carbocycles. The van der Waals surface area contributed by atoms with Crippen LogP contribution in [0, 0.1) is 11.8 Å². The first kappa shape index (κ1) is 23.9. The van der Waals surface area contributed by atoms with Gasteiger partial charge in [-0.2, -0.15) is 0 Å². The molecule has 0 bridgehead atoms. The fourth-order valence-electron chi connectivity index (χ4n) is 5.86. The third kappa shape index (κ3) is 6.88. The first-order valence-corrected chi connectivity index (χ1v) is 13.4. The van der Waals surface area contributed by atoms with E-state index in [1.807, 2.05) is 6.20 Å². The topological polar surface area (TPSA) is 29.4 Å². The molecular formula is C31H47NO. The number of unbranched alkanes of at least 4 members (excludes halogenated alkanes) is 3. The zero-order chi connectivity index (χ0) is 22.9. The monoisotopic (exact) mass is 449 g/mol. The van der Waals surface area contributed by atoms with Crippen LogP contribution in [-0.2, 0) is 17.6 Å². The van der Waals surface area contributed by atoms with Gasteiger partial charge in [0.25, 0.3) is 0 Å². The molecule has 0 aromatic heterocycles. The lowest BCUT2D eigenvalue weighted by Crippen LogP contribution is -2.25. The molecule has 0 spiro atoms. The van der Waals surface area contributed by atoms with Crippen molar-refractivity contribution in [3.63, 3.8) is 0 Å². The number of benzene rings is 1. The fourth-order valence-corrected chi connectivity index (χ4v) is 5.86. The Morgan fingerprint density at radius 3 is 2.79 bits per heavy atom. The van der Waals surface area contributed by atoms with Crippen LogP contribution in [0.5, 0.6) is 0 Å². The Hall–Kier alpha value is -2.22. The summed E-state index contributed by atoms with van der Waals surface area (Å²) in [6.07, 6.45) is 24.3. The molecule has 2 heteroatoms. The summed E-state index contributed by atoms with van der Waals surface area (Å²) in [4.78, 5) is 17.7. The second-order valence-electron chi connectivity index (χ2n) is 10.3. The highest BCUT2D eigenvalue weighted by Crippen LogP contribution is 2.37. The number of carbonyl (C=O) groups excluding carboxylic acids is 1. The van der Waals surface area contributed by atoms with E-state index in [-0.39, 0.29) is 4.28 Å². The van der Waals surface area contributed by atoms with Crippen molar-refractivity contribution < 1.29 is 9.07 Å². The van der Waals surface area contributed by atoms with E-state index in [0.29, 0.717) is 24.0 Å². The molecule has 1 aromatic rings. The Morgan fingerprint density at radius 2 is 1.91 bits per heavy atom. The summed E-state index contributed by atoms with van der Waals surface area (Å²) in [6, 6.07) is 8.93. The average molecular weight is 450 g/mol. The summed E-state index contributed by atoms with van der Waals surface area (Å²) in [7, 11) is 0. The van der Waals surface area contributed by atoms with Gasteiger partial charge in [0.1, 0.15) is 5.78 Å². The van der Waals surface area contributed by atoms with Crippen LogP contribution < -0.4 is 0 Å². The predicted octanol–water partition coefficient (Wildman–Crippen LogP) is 8.86. The van der Waals surface area contributed by atoms with Gasteiger partial charge in [0, 0.05) is 29.2 Å². The third-order valence-electron chi connectivity index (χ3n) is 7.68. The van der Waals surface area contributed by atoms with Gasteiger partial charge in [-0.1, -0.05) is 80.7 Å². The maximum Gasteiger partial charge on any atom is 0.133 e. The van der Waals surface area contributed by atoms with Crippen molar-refractivity contribution in [3.05, 3.63) is 71.0 Å². The summed E-state index contributed by atoms with van der Waals surface area (Å²) in [5.41, 5.74) is 6.96. The second-order valence-corrected chi connectivity index (χ2v) is 10.3. The molecule has 0 N–H and O–H groups in total. The van der Waals surface area contributed by atoms with E-state index >= 15 is 0 Å². The molecule has 1 saturated carbocycles. The first-order valence-electron chi connectivity index (χ1n) is 13.4. The van der Waals surface area contributed by atoms with E-state index in [1.54, 1.807) is 0 Å². The molecule has 1 aromatic carbocycles. The van der Waals surface area contributed by atoms with E-state index in [2.05, 4.69) is 49.4 Å². The number of aliphatic imine (C=N–C) groups is 1. The molecule has 0 radical (unpaired) electrons. The average Bonchev–Trinajstić information content (AvgIpc) is 3.20. The van der Waals surface area contributed by atoms with E-state index in [1.165, 1.54) is 72.9 Å². The number of hydrogen-bond donors (Lipinski definition) is 0. The molecule has 1 aliphatic heterocycles. The highest BCUT2D eigenvalue weighted by atomic mass is 16.1. The molecule has 1 heterocycles. The number of allylic oxidation sites excluding steroid dienone is 5. The van der Waals surface area contributed by atoms with Crippen LogP contribution >= 0.6 is 0 Å². The Kier molecular flexibility index (Phi) is 8.92. The van der Waals surface area contributed by atoms with Crippen LogP contribution in [0.2, 0.25) is 0 Å². The van der Waals surface area contributed by atoms with E-state index in [9.17, 15) is 4.79 Å². The van der Waals surface area contributed by atoms with Crippen molar-refractivity contribution in [3.8, 4) is 0 Å². The minimum Gasteiger partial charge on any atom is -0.300 e. The van der Waals surface area contributed by atoms with E-state index in [4.69, 9.17) is 4.99 Å². The molecular weight excluding hydrogens is 402 g/mol. The van der Waals surface area contributed by atoms with Crippen molar-refractivity contribution in [1.29, 1.82) is 0 Å². The zero-order valence-corrected chi connectivity index (χ0v) is 20.5. The lowest BCUT2D eigenvalue weighted by molar-refractivity contribution is -0.120. The number of carbonyl (C=O) groups is 1. The quantitative estimate of drug-likeness (QED) is 0.310.